The van der Waals surface area contributed by atoms with Gasteiger partial charge in [0, 0.05) is 6.54 Å². The molecule has 0 heterocycles. The van der Waals surface area contributed by atoms with Gasteiger partial charge in [-0.3, -0.25) is 4.79 Å². The van der Waals surface area contributed by atoms with Crippen molar-refractivity contribution < 1.29 is 4.79 Å². The Bertz CT molecular complexity index is 173. The molecule has 0 radical (unpaired) electrons. The van der Waals surface area contributed by atoms with Crippen molar-refractivity contribution in [3.8, 4) is 0 Å². The van der Waals surface area contributed by atoms with E-state index in [0.29, 0.717) is 12.5 Å². The fraction of sp³-hybridized carbons (Fsp3) is 0.909. The van der Waals surface area contributed by atoms with Crippen molar-refractivity contribution >= 4 is 5.91 Å². The lowest BCUT2D eigenvalue weighted by atomic mass is 9.82. The van der Waals surface area contributed by atoms with Gasteiger partial charge in [-0.05, 0) is 17.9 Å². The van der Waals surface area contributed by atoms with Crippen LogP contribution in [0, 0.1) is 11.3 Å². The number of hydrogen-bond donors (Lipinski definition) is 2. The minimum absolute atomic E-state index is 0.0861. The molecule has 0 aliphatic carbocycles. The lowest BCUT2D eigenvalue weighted by Gasteiger charge is -2.27. The third-order valence-electron chi connectivity index (χ3n) is 2.62. The first-order chi connectivity index (χ1) is 6.38. The summed E-state index contributed by atoms with van der Waals surface area (Å²) in [6, 6.07) is 0. The van der Waals surface area contributed by atoms with E-state index in [1.165, 1.54) is 0 Å². The van der Waals surface area contributed by atoms with Gasteiger partial charge >= 0.3 is 0 Å². The Morgan fingerprint density at radius 1 is 1.36 bits per heavy atom. The van der Waals surface area contributed by atoms with Crippen LogP contribution in [0.2, 0.25) is 0 Å². The molecule has 0 aromatic rings. The molecular formula is C11H24N2O. The zero-order chi connectivity index (χ0) is 11.2. The van der Waals surface area contributed by atoms with Gasteiger partial charge in [-0.25, -0.2) is 0 Å². The summed E-state index contributed by atoms with van der Waals surface area (Å²) in [6.45, 7) is 12.7. The number of carbonyl (C=O) groups is 1. The molecule has 0 fully saturated rings. The second kappa shape index (κ2) is 6.02. The van der Waals surface area contributed by atoms with Crippen molar-refractivity contribution in [3.05, 3.63) is 0 Å². The van der Waals surface area contributed by atoms with Crippen LogP contribution in [-0.4, -0.2) is 25.5 Å². The van der Waals surface area contributed by atoms with Gasteiger partial charge in [0.1, 0.15) is 0 Å². The Hall–Kier alpha value is -0.570. The van der Waals surface area contributed by atoms with Crippen LogP contribution in [0.4, 0.5) is 0 Å². The SMILES string of the molecule is CCNCC(=O)NCC(C)C(C)(C)C. The number of rotatable bonds is 5. The molecule has 0 saturated carbocycles. The summed E-state index contributed by atoms with van der Waals surface area (Å²) < 4.78 is 0. The summed E-state index contributed by atoms with van der Waals surface area (Å²) >= 11 is 0. The van der Waals surface area contributed by atoms with E-state index in [1.807, 2.05) is 6.92 Å². The molecule has 1 amide bonds. The van der Waals surface area contributed by atoms with Crippen LogP contribution in [0.15, 0.2) is 0 Å². The van der Waals surface area contributed by atoms with E-state index >= 15 is 0 Å². The van der Waals surface area contributed by atoms with Crippen molar-refractivity contribution in [2.75, 3.05) is 19.6 Å². The number of carbonyl (C=O) groups excluding carboxylic acids is 1. The van der Waals surface area contributed by atoms with E-state index in [9.17, 15) is 4.79 Å². The van der Waals surface area contributed by atoms with Crippen LogP contribution >= 0.6 is 0 Å². The van der Waals surface area contributed by atoms with E-state index in [1.54, 1.807) is 0 Å². The largest absolute Gasteiger partial charge is 0.355 e. The highest BCUT2D eigenvalue weighted by molar-refractivity contribution is 5.77. The zero-order valence-corrected chi connectivity index (χ0v) is 10.1. The highest BCUT2D eigenvalue weighted by Gasteiger charge is 2.19. The fourth-order valence-electron chi connectivity index (χ4n) is 0.874. The van der Waals surface area contributed by atoms with Gasteiger partial charge in [0.15, 0.2) is 0 Å². The molecule has 0 aliphatic heterocycles. The van der Waals surface area contributed by atoms with Gasteiger partial charge in [0.2, 0.25) is 5.91 Å². The number of hydrogen-bond acceptors (Lipinski definition) is 2. The Morgan fingerprint density at radius 2 is 1.93 bits per heavy atom. The summed E-state index contributed by atoms with van der Waals surface area (Å²) in [5, 5.41) is 5.92. The summed E-state index contributed by atoms with van der Waals surface area (Å²) in [6.07, 6.45) is 0. The number of nitrogens with one attached hydrogen (secondary N) is 2. The molecule has 2 N–H and O–H groups in total. The lowest BCUT2D eigenvalue weighted by molar-refractivity contribution is -0.120. The molecule has 0 saturated heterocycles. The molecule has 14 heavy (non-hydrogen) atoms. The van der Waals surface area contributed by atoms with Crippen molar-refractivity contribution in [1.82, 2.24) is 10.6 Å². The molecule has 0 bridgehead atoms. The lowest BCUT2D eigenvalue weighted by Crippen LogP contribution is -2.38. The normalized spacial score (nSPS) is 13.8. The molecule has 1 unspecified atom stereocenters. The molecule has 0 aromatic carbocycles. The minimum atomic E-state index is 0.0861. The van der Waals surface area contributed by atoms with Gasteiger partial charge in [0.05, 0.1) is 6.54 Å². The van der Waals surface area contributed by atoms with Gasteiger partial charge in [-0.15, -0.1) is 0 Å². The van der Waals surface area contributed by atoms with Gasteiger partial charge in [-0.2, -0.15) is 0 Å². The third-order valence-corrected chi connectivity index (χ3v) is 2.62. The van der Waals surface area contributed by atoms with E-state index in [2.05, 4.69) is 38.3 Å². The highest BCUT2D eigenvalue weighted by atomic mass is 16.1. The Morgan fingerprint density at radius 3 is 2.36 bits per heavy atom. The summed E-state index contributed by atoms with van der Waals surface area (Å²) in [5.41, 5.74) is 0.255. The quantitative estimate of drug-likeness (QED) is 0.704. The number of amides is 1. The monoisotopic (exact) mass is 200 g/mol. The maximum atomic E-state index is 11.3. The smallest absolute Gasteiger partial charge is 0.233 e. The molecule has 0 rings (SSSR count). The topological polar surface area (TPSA) is 41.1 Å². The maximum Gasteiger partial charge on any atom is 0.233 e. The van der Waals surface area contributed by atoms with E-state index in [0.717, 1.165) is 13.1 Å². The fourth-order valence-corrected chi connectivity index (χ4v) is 0.874. The molecule has 3 heteroatoms. The van der Waals surface area contributed by atoms with Crippen molar-refractivity contribution in [2.24, 2.45) is 11.3 Å². The van der Waals surface area contributed by atoms with Gasteiger partial charge < -0.3 is 10.6 Å². The van der Waals surface area contributed by atoms with E-state index in [-0.39, 0.29) is 11.3 Å². The third kappa shape index (κ3) is 5.97. The standard InChI is InChI=1S/C11H24N2O/c1-6-12-8-10(14)13-7-9(2)11(3,4)5/h9,12H,6-8H2,1-5H3,(H,13,14). The van der Waals surface area contributed by atoms with Gasteiger partial charge in [0.25, 0.3) is 0 Å². The average Bonchev–Trinajstić information content (AvgIpc) is 2.09. The first kappa shape index (κ1) is 13.4. The summed E-state index contributed by atoms with van der Waals surface area (Å²) in [7, 11) is 0. The summed E-state index contributed by atoms with van der Waals surface area (Å²) in [4.78, 5) is 11.3. The first-order valence-corrected chi connectivity index (χ1v) is 5.35. The molecule has 84 valence electrons. The van der Waals surface area contributed by atoms with Crippen LogP contribution in [-0.2, 0) is 4.79 Å². The zero-order valence-electron chi connectivity index (χ0n) is 10.1. The second-order valence-corrected chi connectivity index (χ2v) is 4.85. The predicted molar refractivity (Wildman–Crippen MR) is 60.2 cm³/mol. The first-order valence-electron chi connectivity index (χ1n) is 5.35. The van der Waals surface area contributed by atoms with Gasteiger partial charge in [-0.1, -0.05) is 34.6 Å². The Kier molecular flexibility index (Phi) is 5.77. The molecular weight excluding hydrogens is 176 g/mol. The Labute approximate surface area is 87.6 Å². The second-order valence-electron chi connectivity index (χ2n) is 4.85. The van der Waals surface area contributed by atoms with Crippen LogP contribution in [0.5, 0.6) is 0 Å². The number of likely N-dealkylation sites (N-methyl/N-ethyl adjacent to an activating group) is 1. The predicted octanol–water partition coefficient (Wildman–Crippen LogP) is 1.39. The molecule has 0 spiro atoms. The van der Waals surface area contributed by atoms with Crippen LogP contribution in [0.25, 0.3) is 0 Å². The van der Waals surface area contributed by atoms with Crippen LogP contribution in [0.3, 0.4) is 0 Å². The van der Waals surface area contributed by atoms with Crippen molar-refractivity contribution in [2.45, 2.75) is 34.6 Å². The molecule has 0 aromatic heterocycles. The molecule has 0 aliphatic rings. The van der Waals surface area contributed by atoms with E-state index < -0.39 is 0 Å². The molecule has 1 atom stereocenters. The van der Waals surface area contributed by atoms with E-state index in [4.69, 9.17) is 0 Å². The minimum Gasteiger partial charge on any atom is -0.355 e. The van der Waals surface area contributed by atoms with Crippen LogP contribution < -0.4 is 10.6 Å². The average molecular weight is 200 g/mol. The molecule has 3 nitrogen and oxygen atoms in total. The van der Waals surface area contributed by atoms with Crippen LogP contribution in [0.1, 0.15) is 34.6 Å². The maximum absolute atomic E-state index is 11.3. The highest BCUT2D eigenvalue weighted by Crippen LogP contribution is 2.24. The van der Waals surface area contributed by atoms with Crippen molar-refractivity contribution in [1.29, 1.82) is 0 Å². The summed E-state index contributed by atoms with van der Waals surface area (Å²) in [5.74, 6) is 0.580. The van der Waals surface area contributed by atoms with Crippen molar-refractivity contribution in [3.63, 3.8) is 0 Å². The Balaban J connectivity index is 3.67.